The number of aliphatic imine (C=N–C) groups is 1. The topological polar surface area (TPSA) is 93.1 Å². The number of hydrogen-bond donors (Lipinski definition) is 2. The van der Waals surface area contributed by atoms with E-state index in [9.17, 15) is 9.90 Å². The van der Waals surface area contributed by atoms with Crippen LogP contribution in [0.15, 0.2) is 65.3 Å². The summed E-state index contributed by atoms with van der Waals surface area (Å²) < 4.78 is 11.7. The number of amides is 1. The Morgan fingerprint density at radius 3 is 2.73 bits per heavy atom. The first-order chi connectivity index (χ1) is 20.1. The van der Waals surface area contributed by atoms with Crippen molar-refractivity contribution < 1.29 is 19.4 Å². The molecule has 0 bridgehead atoms. The summed E-state index contributed by atoms with van der Waals surface area (Å²) in [5.74, 6) is 0.250. The summed E-state index contributed by atoms with van der Waals surface area (Å²) in [6.07, 6.45) is 3.03. The summed E-state index contributed by atoms with van der Waals surface area (Å²) in [7, 11) is 0. The maximum Gasteiger partial charge on any atom is 0.290 e. The monoisotopic (exact) mass is 560 g/mol. The van der Waals surface area contributed by atoms with Crippen molar-refractivity contribution in [3.05, 3.63) is 60.3 Å². The minimum atomic E-state index is -0.121. The van der Waals surface area contributed by atoms with E-state index in [1.807, 2.05) is 35.2 Å². The second-order valence-corrected chi connectivity index (χ2v) is 11.0. The molecule has 0 spiro atoms. The zero-order valence-corrected chi connectivity index (χ0v) is 23.6. The normalized spacial score (nSPS) is 22.2. The lowest BCUT2D eigenvalue weighted by Gasteiger charge is -2.43. The summed E-state index contributed by atoms with van der Waals surface area (Å²) in [5.41, 5.74) is 3.41. The standard InChI is InChI=1S/C31H40N6O4/c1-2-29(39)35-11-13-36(14-12-35)30-26-8-10-37(28-21-24(38)20-23-6-3-4-7-25(23)28)22-27(26)32-31(33-30)41-17-5-9-34-15-18-40-19-16-34/h2-4,6-7,20-21,30,38H,1,5,8-19,22H2,(H,32,33). The fourth-order valence-electron chi connectivity index (χ4n) is 6.25. The number of nitrogens with one attached hydrogen (secondary N) is 1. The number of benzene rings is 2. The van der Waals surface area contributed by atoms with Crippen LogP contribution in [-0.4, -0.2) is 117 Å². The van der Waals surface area contributed by atoms with Crippen LogP contribution in [0.5, 0.6) is 5.75 Å². The predicted molar refractivity (Wildman–Crippen MR) is 160 cm³/mol. The van der Waals surface area contributed by atoms with Gasteiger partial charge in [-0.25, -0.2) is 4.99 Å². The highest BCUT2D eigenvalue weighted by Gasteiger charge is 2.35. The fourth-order valence-corrected chi connectivity index (χ4v) is 6.25. The Hall–Kier alpha value is -3.60. The highest BCUT2D eigenvalue weighted by Crippen LogP contribution is 2.35. The molecule has 41 heavy (non-hydrogen) atoms. The van der Waals surface area contributed by atoms with E-state index in [1.54, 1.807) is 0 Å². The molecule has 10 nitrogen and oxygen atoms in total. The van der Waals surface area contributed by atoms with Crippen molar-refractivity contribution >= 4 is 28.4 Å². The number of carbonyl (C=O) groups is 1. The van der Waals surface area contributed by atoms with Gasteiger partial charge in [0.25, 0.3) is 6.02 Å². The lowest BCUT2D eigenvalue weighted by molar-refractivity contribution is -0.127. The number of ether oxygens (including phenoxy) is 2. The Morgan fingerprint density at radius 2 is 1.93 bits per heavy atom. The van der Waals surface area contributed by atoms with Gasteiger partial charge in [-0.3, -0.25) is 14.6 Å². The third kappa shape index (κ3) is 6.19. The van der Waals surface area contributed by atoms with Crippen molar-refractivity contribution in [2.75, 3.05) is 83.6 Å². The Kier molecular flexibility index (Phi) is 8.41. The van der Waals surface area contributed by atoms with Crippen LogP contribution >= 0.6 is 0 Å². The molecule has 2 fully saturated rings. The molecular formula is C31H40N6O4. The van der Waals surface area contributed by atoms with E-state index in [0.29, 0.717) is 32.3 Å². The maximum atomic E-state index is 12.2. The first-order valence-corrected chi connectivity index (χ1v) is 14.7. The van der Waals surface area contributed by atoms with Crippen LogP contribution in [0.25, 0.3) is 10.8 Å². The SMILES string of the molecule is C=CC(=O)N1CCN(C2N=C(OCCCN3CCOCC3)NC3=C2CCN(c2cc(O)cc4ccccc24)C3)CC1. The summed E-state index contributed by atoms with van der Waals surface area (Å²) in [6.45, 7) is 13.0. The molecule has 6 rings (SSSR count). The van der Waals surface area contributed by atoms with Crippen LogP contribution in [0.3, 0.4) is 0 Å². The predicted octanol–water partition coefficient (Wildman–Crippen LogP) is 2.36. The minimum Gasteiger partial charge on any atom is -0.508 e. The van der Waals surface area contributed by atoms with Crippen LogP contribution < -0.4 is 10.2 Å². The van der Waals surface area contributed by atoms with Crippen LogP contribution in [-0.2, 0) is 14.3 Å². The van der Waals surface area contributed by atoms with Gasteiger partial charge in [-0.1, -0.05) is 30.8 Å². The molecule has 0 radical (unpaired) electrons. The lowest BCUT2D eigenvalue weighted by atomic mass is 9.98. The molecule has 1 atom stereocenters. The van der Waals surface area contributed by atoms with Crippen molar-refractivity contribution in [3.63, 3.8) is 0 Å². The summed E-state index contributed by atoms with van der Waals surface area (Å²) in [4.78, 5) is 26.2. The summed E-state index contributed by atoms with van der Waals surface area (Å²) in [5, 5.41) is 16.1. The highest BCUT2D eigenvalue weighted by molar-refractivity contribution is 5.96. The zero-order valence-electron chi connectivity index (χ0n) is 23.6. The van der Waals surface area contributed by atoms with E-state index in [-0.39, 0.29) is 17.8 Å². The molecule has 4 heterocycles. The number of piperazine rings is 1. The van der Waals surface area contributed by atoms with Gasteiger partial charge in [0.1, 0.15) is 11.9 Å². The third-order valence-corrected chi connectivity index (χ3v) is 8.47. The average Bonchev–Trinajstić information content (AvgIpc) is 3.02. The van der Waals surface area contributed by atoms with Gasteiger partial charge < -0.3 is 29.7 Å². The fraction of sp³-hybridized carbons (Fsp3) is 0.484. The smallest absolute Gasteiger partial charge is 0.290 e. The number of rotatable bonds is 7. The first kappa shape index (κ1) is 27.6. The lowest BCUT2D eigenvalue weighted by Crippen LogP contribution is -2.55. The molecule has 4 aliphatic rings. The van der Waals surface area contributed by atoms with Crippen molar-refractivity contribution in [1.29, 1.82) is 0 Å². The molecule has 2 N–H and O–H groups in total. The highest BCUT2D eigenvalue weighted by atomic mass is 16.5. The molecule has 0 aromatic heterocycles. The van der Waals surface area contributed by atoms with E-state index in [4.69, 9.17) is 14.5 Å². The number of phenols is 1. The number of fused-ring (bicyclic) bond motifs is 1. The molecule has 1 unspecified atom stereocenters. The van der Waals surface area contributed by atoms with Gasteiger partial charge >= 0.3 is 0 Å². The van der Waals surface area contributed by atoms with E-state index in [0.717, 1.165) is 87.5 Å². The number of morpholine rings is 1. The second-order valence-electron chi connectivity index (χ2n) is 11.0. The maximum absolute atomic E-state index is 12.2. The van der Waals surface area contributed by atoms with Gasteiger partial charge in [-0.15, -0.1) is 0 Å². The number of anilines is 1. The number of hydrogen-bond acceptors (Lipinski definition) is 9. The molecule has 0 aliphatic carbocycles. The van der Waals surface area contributed by atoms with Gasteiger partial charge in [-0.2, -0.15) is 0 Å². The van der Waals surface area contributed by atoms with Crippen molar-refractivity contribution in [1.82, 2.24) is 20.0 Å². The van der Waals surface area contributed by atoms with Crippen LogP contribution in [0, 0.1) is 0 Å². The van der Waals surface area contributed by atoms with E-state index in [2.05, 4.69) is 32.7 Å². The van der Waals surface area contributed by atoms with Crippen molar-refractivity contribution in [2.45, 2.75) is 19.0 Å². The molecule has 4 aliphatic heterocycles. The van der Waals surface area contributed by atoms with Gasteiger partial charge in [0.15, 0.2) is 0 Å². The molecule has 2 aromatic rings. The quantitative estimate of drug-likeness (QED) is 0.394. The summed E-state index contributed by atoms with van der Waals surface area (Å²) in [6, 6.07) is 12.4. The molecule has 1 amide bonds. The molecule has 10 heteroatoms. The van der Waals surface area contributed by atoms with Gasteiger partial charge in [-0.05, 0) is 35.9 Å². The van der Waals surface area contributed by atoms with Gasteiger partial charge in [0.2, 0.25) is 5.91 Å². The molecule has 0 saturated carbocycles. The van der Waals surface area contributed by atoms with Gasteiger partial charge in [0, 0.05) is 75.2 Å². The Morgan fingerprint density at radius 1 is 1.12 bits per heavy atom. The van der Waals surface area contributed by atoms with Crippen LogP contribution in [0.2, 0.25) is 0 Å². The minimum absolute atomic E-state index is 0.0192. The first-order valence-electron chi connectivity index (χ1n) is 14.7. The number of amidine groups is 1. The number of carbonyl (C=O) groups excluding carboxylic acids is 1. The Bertz CT molecular complexity index is 1330. The van der Waals surface area contributed by atoms with E-state index in [1.165, 1.54) is 11.6 Å². The Balaban J connectivity index is 1.19. The molecule has 2 aromatic carbocycles. The Labute approximate surface area is 241 Å². The average molecular weight is 561 g/mol. The second kappa shape index (κ2) is 12.5. The number of aromatic hydroxyl groups is 1. The number of nitrogens with zero attached hydrogens (tertiary/aromatic N) is 5. The zero-order chi connectivity index (χ0) is 28.2. The largest absolute Gasteiger partial charge is 0.508 e. The van der Waals surface area contributed by atoms with Crippen molar-refractivity contribution in [3.8, 4) is 5.75 Å². The van der Waals surface area contributed by atoms with Gasteiger partial charge in [0.05, 0.1) is 26.4 Å². The number of phenolic OH excluding ortho intramolecular Hbond substituents is 1. The van der Waals surface area contributed by atoms with Crippen LogP contribution in [0.4, 0.5) is 5.69 Å². The molecule has 218 valence electrons. The third-order valence-electron chi connectivity index (χ3n) is 8.47. The summed E-state index contributed by atoms with van der Waals surface area (Å²) >= 11 is 0. The van der Waals surface area contributed by atoms with Crippen molar-refractivity contribution in [2.24, 2.45) is 4.99 Å². The van der Waals surface area contributed by atoms with Crippen LogP contribution in [0.1, 0.15) is 12.8 Å². The molecule has 2 saturated heterocycles. The van der Waals surface area contributed by atoms with E-state index < -0.39 is 0 Å². The molecular weight excluding hydrogens is 520 g/mol. The van der Waals surface area contributed by atoms with E-state index >= 15 is 0 Å².